The van der Waals surface area contributed by atoms with Gasteiger partial charge in [-0.2, -0.15) is 0 Å². The smallest absolute Gasteiger partial charge is 0.289 e. The Morgan fingerprint density at radius 3 is 2.54 bits per heavy atom. The normalized spacial score (nSPS) is 16.1. The van der Waals surface area contributed by atoms with Gasteiger partial charge in [-0.15, -0.1) is 0 Å². The van der Waals surface area contributed by atoms with Crippen molar-refractivity contribution >= 4 is 22.6 Å². The van der Waals surface area contributed by atoms with Gasteiger partial charge in [-0.3, -0.25) is 9.59 Å². The van der Waals surface area contributed by atoms with Crippen molar-refractivity contribution in [3.8, 4) is 0 Å². The second-order valence-electron chi connectivity index (χ2n) is 7.34. The fourth-order valence-corrected chi connectivity index (χ4v) is 3.94. The molecule has 0 spiro atoms. The molecule has 28 heavy (non-hydrogen) atoms. The molecular formula is C23H24N2O3. The third-order valence-electron chi connectivity index (χ3n) is 5.53. The minimum absolute atomic E-state index is 0.0607. The molecule has 5 heteroatoms. The van der Waals surface area contributed by atoms with E-state index in [4.69, 9.17) is 4.42 Å². The molecule has 1 fully saturated rings. The summed E-state index contributed by atoms with van der Waals surface area (Å²) in [6, 6.07) is 17.7. The van der Waals surface area contributed by atoms with Crippen LogP contribution in [0.5, 0.6) is 0 Å². The molecule has 4 rings (SSSR count). The zero-order valence-corrected chi connectivity index (χ0v) is 15.9. The van der Waals surface area contributed by atoms with Crippen LogP contribution in [0.25, 0.3) is 10.8 Å². The van der Waals surface area contributed by atoms with Crippen LogP contribution in [0.1, 0.15) is 41.9 Å². The topological polar surface area (TPSA) is 62.6 Å². The molecule has 3 aromatic rings. The van der Waals surface area contributed by atoms with Crippen molar-refractivity contribution in [2.45, 2.75) is 25.8 Å². The Morgan fingerprint density at radius 2 is 1.79 bits per heavy atom. The number of hydrogen-bond acceptors (Lipinski definition) is 3. The summed E-state index contributed by atoms with van der Waals surface area (Å²) in [5.74, 6) is 0.240. The van der Waals surface area contributed by atoms with Gasteiger partial charge in [0.25, 0.3) is 5.91 Å². The Hall–Kier alpha value is -3.08. The molecule has 1 atom stereocenters. The average Bonchev–Trinajstić information content (AvgIpc) is 3.27. The van der Waals surface area contributed by atoms with Gasteiger partial charge in [0.05, 0.1) is 12.3 Å². The molecule has 1 aliphatic rings. The fourth-order valence-electron chi connectivity index (χ4n) is 3.94. The van der Waals surface area contributed by atoms with Crippen LogP contribution in [0.2, 0.25) is 0 Å². The van der Waals surface area contributed by atoms with Crippen molar-refractivity contribution in [3.05, 3.63) is 72.2 Å². The van der Waals surface area contributed by atoms with Gasteiger partial charge in [0.15, 0.2) is 5.76 Å². The lowest BCUT2D eigenvalue weighted by Crippen LogP contribution is -2.43. The number of carbonyl (C=O) groups excluding carboxylic acids is 2. The molecule has 1 unspecified atom stereocenters. The zero-order chi connectivity index (χ0) is 19.5. The predicted octanol–water partition coefficient (Wildman–Crippen LogP) is 4.16. The number of furan rings is 1. The summed E-state index contributed by atoms with van der Waals surface area (Å²) in [5.41, 5.74) is 1.12. The lowest BCUT2D eigenvalue weighted by molar-refractivity contribution is -0.126. The van der Waals surface area contributed by atoms with E-state index in [1.165, 1.54) is 11.6 Å². The van der Waals surface area contributed by atoms with Crippen LogP contribution in [-0.4, -0.2) is 29.8 Å². The standard InChI is InChI=1S/C23H24N2O3/c1-16(19-9-4-7-17-6-2-3-8-20(17)19)24-22(26)18-11-13-25(14-12-18)23(27)21-10-5-15-28-21/h2-10,15-16,18H,11-14H2,1H3,(H,24,26). The first kappa shape index (κ1) is 18.3. The van der Waals surface area contributed by atoms with E-state index in [1.54, 1.807) is 17.0 Å². The molecule has 0 saturated carbocycles. The molecule has 2 heterocycles. The first-order chi connectivity index (χ1) is 13.6. The Bertz CT molecular complexity index is 967. The largest absolute Gasteiger partial charge is 0.459 e. The number of benzene rings is 2. The Labute approximate surface area is 164 Å². The van der Waals surface area contributed by atoms with Gasteiger partial charge >= 0.3 is 0 Å². The van der Waals surface area contributed by atoms with E-state index in [0.29, 0.717) is 31.7 Å². The number of rotatable bonds is 4. The maximum absolute atomic E-state index is 12.8. The van der Waals surface area contributed by atoms with E-state index in [2.05, 4.69) is 29.6 Å². The second-order valence-corrected chi connectivity index (χ2v) is 7.34. The molecule has 1 aliphatic heterocycles. The number of amides is 2. The average molecular weight is 376 g/mol. The Balaban J connectivity index is 1.37. The first-order valence-corrected chi connectivity index (χ1v) is 9.74. The summed E-state index contributed by atoms with van der Waals surface area (Å²) in [6.07, 6.45) is 2.84. The van der Waals surface area contributed by atoms with Crippen LogP contribution < -0.4 is 5.32 Å². The molecule has 2 amide bonds. The van der Waals surface area contributed by atoms with E-state index < -0.39 is 0 Å². The second kappa shape index (κ2) is 7.89. The lowest BCUT2D eigenvalue weighted by Gasteiger charge is -2.31. The Morgan fingerprint density at radius 1 is 1.04 bits per heavy atom. The van der Waals surface area contributed by atoms with Crippen molar-refractivity contribution < 1.29 is 14.0 Å². The van der Waals surface area contributed by atoms with Crippen molar-refractivity contribution in [2.24, 2.45) is 5.92 Å². The van der Waals surface area contributed by atoms with Crippen LogP contribution in [0.15, 0.2) is 65.3 Å². The van der Waals surface area contributed by atoms with Crippen molar-refractivity contribution in [2.75, 3.05) is 13.1 Å². The van der Waals surface area contributed by atoms with Crippen molar-refractivity contribution in [1.29, 1.82) is 0 Å². The molecule has 0 bridgehead atoms. The summed E-state index contributed by atoms with van der Waals surface area (Å²) in [6.45, 7) is 3.16. The highest BCUT2D eigenvalue weighted by Gasteiger charge is 2.29. The molecular weight excluding hydrogens is 352 g/mol. The van der Waals surface area contributed by atoms with Crippen molar-refractivity contribution in [1.82, 2.24) is 10.2 Å². The number of likely N-dealkylation sites (tertiary alicyclic amines) is 1. The van der Waals surface area contributed by atoms with E-state index in [-0.39, 0.29) is 23.8 Å². The first-order valence-electron chi connectivity index (χ1n) is 9.74. The van der Waals surface area contributed by atoms with Gasteiger partial charge in [0.2, 0.25) is 5.91 Å². The number of hydrogen-bond donors (Lipinski definition) is 1. The molecule has 5 nitrogen and oxygen atoms in total. The zero-order valence-electron chi connectivity index (χ0n) is 15.9. The SMILES string of the molecule is CC(NC(=O)C1CCN(C(=O)c2ccco2)CC1)c1cccc2ccccc12. The minimum Gasteiger partial charge on any atom is -0.459 e. The maximum Gasteiger partial charge on any atom is 0.289 e. The van der Waals surface area contributed by atoms with E-state index >= 15 is 0 Å². The van der Waals surface area contributed by atoms with Crippen LogP contribution in [0, 0.1) is 5.92 Å². The van der Waals surface area contributed by atoms with Gasteiger partial charge in [0, 0.05) is 19.0 Å². The summed E-state index contributed by atoms with van der Waals surface area (Å²) in [5, 5.41) is 5.50. The summed E-state index contributed by atoms with van der Waals surface area (Å²) in [7, 11) is 0. The third-order valence-corrected chi connectivity index (χ3v) is 5.53. The molecule has 1 N–H and O–H groups in total. The van der Waals surface area contributed by atoms with Gasteiger partial charge in [-0.1, -0.05) is 42.5 Å². The van der Waals surface area contributed by atoms with Crippen LogP contribution >= 0.6 is 0 Å². The van der Waals surface area contributed by atoms with Crippen molar-refractivity contribution in [3.63, 3.8) is 0 Å². The van der Waals surface area contributed by atoms with E-state index in [1.807, 2.05) is 25.1 Å². The Kier molecular flexibility index (Phi) is 5.15. The summed E-state index contributed by atoms with van der Waals surface area (Å²) < 4.78 is 5.19. The van der Waals surface area contributed by atoms with Crippen LogP contribution in [0.4, 0.5) is 0 Å². The fraction of sp³-hybridized carbons (Fsp3) is 0.304. The molecule has 144 valence electrons. The molecule has 1 aromatic heterocycles. The van der Waals surface area contributed by atoms with Gasteiger partial charge in [-0.25, -0.2) is 0 Å². The maximum atomic E-state index is 12.8. The minimum atomic E-state index is -0.104. The number of fused-ring (bicyclic) bond motifs is 1. The number of nitrogens with one attached hydrogen (secondary N) is 1. The highest BCUT2D eigenvalue weighted by Crippen LogP contribution is 2.25. The van der Waals surface area contributed by atoms with Crippen LogP contribution in [0.3, 0.4) is 0 Å². The molecule has 0 radical (unpaired) electrons. The third kappa shape index (κ3) is 3.65. The highest BCUT2D eigenvalue weighted by molar-refractivity contribution is 5.91. The van der Waals surface area contributed by atoms with E-state index in [0.717, 1.165) is 10.9 Å². The lowest BCUT2D eigenvalue weighted by atomic mass is 9.94. The molecule has 1 saturated heterocycles. The van der Waals surface area contributed by atoms with E-state index in [9.17, 15) is 9.59 Å². The number of piperidine rings is 1. The number of nitrogens with zero attached hydrogens (tertiary/aromatic N) is 1. The van der Waals surface area contributed by atoms with Gasteiger partial charge in [0.1, 0.15) is 0 Å². The molecule has 0 aliphatic carbocycles. The van der Waals surface area contributed by atoms with Gasteiger partial charge in [-0.05, 0) is 48.2 Å². The summed E-state index contributed by atoms with van der Waals surface area (Å²) >= 11 is 0. The summed E-state index contributed by atoms with van der Waals surface area (Å²) in [4.78, 5) is 26.9. The monoisotopic (exact) mass is 376 g/mol. The quantitative estimate of drug-likeness (QED) is 0.744. The molecule has 2 aromatic carbocycles. The number of carbonyl (C=O) groups is 2. The van der Waals surface area contributed by atoms with Crippen LogP contribution in [-0.2, 0) is 4.79 Å². The van der Waals surface area contributed by atoms with Gasteiger partial charge < -0.3 is 14.6 Å². The highest BCUT2D eigenvalue weighted by atomic mass is 16.3. The predicted molar refractivity (Wildman–Crippen MR) is 108 cm³/mol.